The van der Waals surface area contributed by atoms with E-state index in [0.29, 0.717) is 6.04 Å². The van der Waals surface area contributed by atoms with Gasteiger partial charge in [0.1, 0.15) is 0 Å². The number of ether oxygens (including phenoxy) is 3. The van der Waals surface area contributed by atoms with Gasteiger partial charge < -0.3 is 30.0 Å². The van der Waals surface area contributed by atoms with Crippen molar-refractivity contribution >= 4 is 11.7 Å². The predicted octanol–water partition coefficient (Wildman–Crippen LogP) is 5.93. The third-order valence-corrected chi connectivity index (χ3v) is 10.8. The Labute approximate surface area is 255 Å². The van der Waals surface area contributed by atoms with Gasteiger partial charge in [0.05, 0.1) is 25.4 Å². The molecule has 4 unspecified atom stereocenters. The Morgan fingerprint density at radius 1 is 0.953 bits per heavy atom. The third-order valence-electron chi connectivity index (χ3n) is 10.8. The summed E-state index contributed by atoms with van der Waals surface area (Å²) >= 11 is 0. The van der Waals surface area contributed by atoms with Gasteiger partial charge in [0.15, 0.2) is 6.29 Å². The van der Waals surface area contributed by atoms with Crippen molar-refractivity contribution in [2.75, 3.05) is 32.1 Å². The van der Waals surface area contributed by atoms with Crippen LogP contribution in [0.5, 0.6) is 0 Å². The standard InChI is InChI=1S/C35H47N3O5/c1-41-22-30-3-2-12-38(30)20-31-16-32(27-6-4-23(21-39)5-7-27)43-33(42-31)28-8-10-29(11-9-28)36-34(40)37-35-17-24-13-25(18-35)15-26(14-24)19-35/h4-11,24-26,30-33,39H,2-3,12-22H2,1H3,(H2,36,37,40). The second kappa shape index (κ2) is 12.5. The van der Waals surface area contributed by atoms with Crippen LogP contribution in [0.4, 0.5) is 10.5 Å². The zero-order valence-corrected chi connectivity index (χ0v) is 25.4. The van der Waals surface area contributed by atoms with Gasteiger partial charge in [-0.05, 0) is 98.9 Å². The highest BCUT2D eigenvalue weighted by atomic mass is 16.7. The Hall–Kier alpha value is -2.49. The monoisotopic (exact) mass is 589 g/mol. The number of amides is 2. The Bertz CT molecular complexity index is 1220. The third kappa shape index (κ3) is 6.50. The van der Waals surface area contributed by atoms with Crippen molar-refractivity contribution in [3.05, 3.63) is 65.2 Å². The van der Waals surface area contributed by atoms with E-state index in [1.54, 1.807) is 7.11 Å². The van der Waals surface area contributed by atoms with Crippen LogP contribution in [-0.2, 0) is 20.8 Å². The summed E-state index contributed by atoms with van der Waals surface area (Å²) in [6, 6.07) is 16.3. The predicted molar refractivity (Wildman–Crippen MR) is 164 cm³/mol. The molecule has 2 heterocycles. The summed E-state index contributed by atoms with van der Waals surface area (Å²) in [7, 11) is 1.77. The lowest BCUT2D eigenvalue weighted by Gasteiger charge is -2.56. The molecular formula is C35H47N3O5. The van der Waals surface area contributed by atoms with Crippen LogP contribution in [0.1, 0.15) is 86.9 Å². The number of benzene rings is 2. The molecule has 4 aliphatic carbocycles. The van der Waals surface area contributed by atoms with Gasteiger partial charge in [-0.25, -0.2) is 4.79 Å². The second-order valence-corrected chi connectivity index (χ2v) is 14.0. The average Bonchev–Trinajstić information content (AvgIpc) is 3.43. The summed E-state index contributed by atoms with van der Waals surface area (Å²) in [5.74, 6) is 2.37. The molecule has 3 N–H and O–H groups in total. The topological polar surface area (TPSA) is 92.3 Å². The first-order valence-electron chi connectivity index (χ1n) is 16.4. The number of urea groups is 1. The van der Waals surface area contributed by atoms with Gasteiger partial charge >= 0.3 is 6.03 Å². The van der Waals surface area contributed by atoms with Crippen LogP contribution in [0.25, 0.3) is 0 Å². The first-order valence-corrected chi connectivity index (χ1v) is 16.4. The van der Waals surface area contributed by atoms with Gasteiger partial charge in [-0.1, -0.05) is 36.4 Å². The number of nitrogens with one attached hydrogen (secondary N) is 2. The van der Waals surface area contributed by atoms with E-state index in [0.717, 1.165) is 91.9 Å². The van der Waals surface area contributed by atoms with Crippen molar-refractivity contribution in [3.63, 3.8) is 0 Å². The molecule has 8 nitrogen and oxygen atoms in total. The summed E-state index contributed by atoms with van der Waals surface area (Å²) in [5, 5.41) is 16.0. The van der Waals surface area contributed by atoms with Crippen LogP contribution in [-0.4, -0.2) is 60.5 Å². The number of likely N-dealkylation sites (tertiary alicyclic amines) is 1. The van der Waals surface area contributed by atoms with E-state index in [1.807, 2.05) is 36.4 Å². The van der Waals surface area contributed by atoms with Crippen molar-refractivity contribution in [2.24, 2.45) is 17.8 Å². The lowest BCUT2D eigenvalue weighted by molar-refractivity contribution is -0.253. The Balaban J connectivity index is 1.02. The number of aliphatic hydroxyl groups is 1. The Kier molecular flexibility index (Phi) is 8.49. The van der Waals surface area contributed by atoms with E-state index >= 15 is 0 Å². The minimum absolute atomic E-state index is 0.00239. The number of carbonyl (C=O) groups excluding carboxylic acids is 1. The van der Waals surface area contributed by atoms with Crippen LogP contribution >= 0.6 is 0 Å². The fourth-order valence-electron chi connectivity index (χ4n) is 9.20. The van der Waals surface area contributed by atoms with Gasteiger partial charge in [-0.3, -0.25) is 4.90 Å². The molecule has 4 bridgehead atoms. The molecule has 2 aliphatic heterocycles. The van der Waals surface area contributed by atoms with E-state index in [2.05, 4.69) is 27.7 Å². The van der Waals surface area contributed by atoms with E-state index in [9.17, 15) is 9.90 Å². The molecule has 2 aromatic rings. The number of rotatable bonds is 9. The SMILES string of the molecule is COCC1CCCN1CC1CC(c2ccc(CO)cc2)OC(c2ccc(NC(=O)NC34CC5CC(CC(C5)C3)C4)cc2)O1. The summed E-state index contributed by atoms with van der Waals surface area (Å²) in [4.78, 5) is 15.6. The van der Waals surface area contributed by atoms with Gasteiger partial charge in [0, 0.05) is 42.9 Å². The molecule has 8 rings (SSSR count). The lowest BCUT2D eigenvalue weighted by atomic mass is 9.53. The largest absolute Gasteiger partial charge is 0.392 e. The molecule has 0 aromatic heterocycles. The zero-order valence-electron chi connectivity index (χ0n) is 25.4. The van der Waals surface area contributed by atoms with Gasteiger partial charge in [-0.15, -0.1) is 0 Å². The maximum Gasteiger partial charge on any atom is 0.319 e. The fraction of sp³-hybridized carbons (Fsp3) is 0.629. The first kappa shape index (κ1) is 29.2. The maximum absolute atomic E-state index is 13.1. The maximum atomic E-state index is 13.1. The van der Waals surface area contributed by atoms with E-state index in [1.165, 1.54) is 25.7 Å². The molecule has 2 aromatic carbocycles. The molecule has 43 heavy (non-hydrogen) atoms. The van der Waals surface area contributed by atoms with Crippen LogP contribution < -0.4 is 10.6 Å². The minimum Gasteiger partial charge on any atom is -0.392 e. The van der Waals surface area contributed by atoms with Crippen molar-refractivity contribution in [2.45, 2.75) is 94.5 Å². The summed E-state index contributed by atoms with van der Waals surface area (Å²) in [6.07, 6.45) is 9.93. The van der Waals surface area contributed by atoms with Crippen molar-refractivity contribution in [1.82, 2.24) is 10.2 Å². The van der Waals surface area contributed by atoms with E-state index in [-0.39, 0.29) is 30.4 Å². The Morgan fingerprint density at radius 2 is 1.63 bits per heavy atom. The quantitative estimate of drug-likeness (QED) is 0.336. The Morgan fingerprint density at radius 3 is 2.28 bits per heavy atom. The zero-order chi connectivity index (χ0) is 29.4. The van der Waals surface area contributed by atoms with Crippen LogP contribution in [0.2, 0.25) is 0 Å². The number of methoxy groups -OCH3 is 1. The van der Waals surface area contributed by atoms with Crippen LogP contribution in [0, 0.1) is 17.8 Å². The smallest absolute Gasteiger partial charge is 0.319 e. The molecule has 0 radical (unpaired) electrons. The van der Waals surface area contributed by atoms with Crippen molar-refractivity contribution in [1.29, 1.82) is 0 Å². The highest BCUT2D eigenvalue weighted by molar-refractivity contribution is 5.89. The normalized spacial score (nSPS) is 35.3. The minimum atomic E-state index is -0.514. The van der Waals surface area contributed by atoms with E-state index in [4.69, 9.17) is 14.2 Å². The number of hydrogen-bond donors (Lipinski definition) is 3. The molecule has 0 spiro atoms. The van der Waals surface area contributed by atoms with Crippen LogP contribution in [0.3, 0.4) is 0 Å². The molecule has 4 atom stereocenters. The number of hydrogen-bond acceptors (Lipinski definition) is 6. The van der Waals surface area contributed by atoms with E-state index < -0.39 is 6.29 Å². The molecule has 2 amide bonds. The summed E-state index contributed by atoms with van der Waals surface area (Å²) in [5.41, 5.74) is 3.67. The first-order chi connectivity index (χ1) is 21.0. The molecule has 8 heteroatoms. The van der Waals surface area contributed by atoms with Gasteiger partial charge in [0.25, 0.3) is 0 Å². The highest BCUT2D eigenvalue weighted by Gasteiger charge is 2.51. The number of carbonyl (C=O) groups is 1. The number of aliphatic hydroxyl groups excluding tert-OH is 1. The molecular weight excluding hydrogens is 542 g/mol. The lowest BCUT2D eigenvalue weighted by Crippen LogP contribution is -2.60. The van der Waals surface area contributed by atoms with Crippen molar-refractivity contribution < 1.29 is 24.1 Å². The highest BCUT2D eigenvalue weighted by Crippen LogP contribution is 2.55. The summed E-state index contributed by atoms with van der Waals surface area (Å²) in [6.45, 7) is 2.66. The molecule has 232 valence electrons. The van der Waals surface area contributed by atoms with Gasteiger partial charge in [-0.2, -0.15) is 0 Å². The molecule has 6 fully saturated rings. The fourth-order valence-corrected chi connectivity index (χ4v) is 9.20. The molecule has 4 saturated carbocycles. The average molecular weight is 590 g/mol. The van der Waals surface area contributed by atoms with Gasteiger partial charge in [0.2, 0.25) is 0 Å². The second-order valence-electron chi connectivity index (χ2n) is 14.0. The number of nitrogens with zero attached hydrogens (tertiary/aromatic N) is 1. The van der Waals surface area contributed by atoms with Crippen molar-refractivity contribution in [3.8, 4) is 0 Å². The summed E-state index contributed by atoms with van der Waals surface area (Å²) < 4.78 is 18.6. The van der Waals surface area contributed by atoms with Crippen LogP contribution in [0.15, 0.2) is 48.5 Å². The number of anilines is 1. The molecule has 6 aliphatic rings. The molecule has 2 saturated heterocycles.